The van der Waals surface area contributed by atoms with Gasteiger partial charge in [-0.1, -0.05) is 11.6 Å². The van der Waals surface area contributed by atoms with Crippen LogP contribution < -0.4 is 4.74 Å². The molecule has 0 bridgehead atoms. The number of aromatic hydroxyl groups is 1. The van der Waals surface area contributed by atoms with Crippen molar-refractivity contribution in [2.24, 2.45) is 0 Å². The molecule has 3 rings (SSSR count). The fourth-order valence-electron chi connectivity index (χ4n) is 2.53. The van der Waals surface area contributed by atoms with E-state index in [1.807, 2.05) is 0 Å². The van der Waals surface area contributed by atoms with Gasteiger partial charge in [-0.15, -0.1) is 0 Å². The topological polar surface area (TPSA) is 61.4 Å². The zero-order valence-corrected chi connectivity index (χ0v) is 12.2. The van der Waals surface area contributed by atoms with E-state index in [0.717, 1.165) is 30.8 Å². The van der Waals surface area contributed by atoms with E-state index in [1.54, 1.807) is 12.1 Å². The predicted molar refractivity (Wildman–Crippen MR) is 77.3 cm³/mol. The van der Waals surface area contributed by atoms with Crippen molar-refractivity contribution in [1.82, 2.24) is 15.1 Å². The highest BCUT2D eigenvalue weighted by Gasteiger charge is 2.22. The van der Waals surface area contributed by atoms with Gasteiger partial charge in [0.25, 0.3) is 0 Å². The Labute approximate surface area is 122 Å². The normalized spacial score (nSPS) is 15.2. The fraction of sp³-hybridized carbons (Fsp3) is 0.357. The van der Waals surface area contributed by atoms with E-state index in [1.165, 1.54) is 18.4 Å². The number of nitrogens with one attached hydrogen (secondary N) is 1. The average Bonchev–Trinajstić information content (AvgIpc) is 2.84. The minimum Gasteiger partial charge on any atom is -0.503 e. The van der Waals surface area contributed by atoms with Gasteiger partial charge in [0, 0.05) is 36.3 Å². The molecule has 2 aromatic rings. The Morgan fingerprint density at radius 1 is 1.45 bits per heavy atom. The molecule has 1 aromatic carbocycles. The minimum atomic E-state index is -0.0422. The van der Waals surface area contributed by atoms with Gasteiger partial charge in [0.15, 0.2) is 11.5 Å². The largest absolute Gasteiger partial charge is 0.503 e. The summed E-state index contributed by atoms with van der Waals surface area (Å²) in [6.07, 6.45) is 0.960. The van der Waals surface area contributed by atoms with Gasteiger partial charge in [0.2, 0.25) is 0 Å². The van der Waals surface area contributed by atoms with Crippen LogP contribution in [0, 0.1) is 0 Å². The van der Waals surface area contributed by atoms with Crippen LogP contribution in [0.3, 0.4) is 0 Å². The number of hydrogen-bond donors (Lipinski definition) is 2. The molecular formula is C14H16ClN3O2. The molecule has 0 saturated carbocycles. The molecule has 1 aliphatic heterocycles. The fourth-order valence-corrected chi connectivity index (χ4v) is 2.75. The number of methoxy groups -OCH3 is 1. The maximum Gasteiger partial charge on any atom is 0.176 e. The molecule has 0 atom stereocenters. The van der Waals surface area contributed by atoms with Crippen LogP contribution in [0.25, 0.3) is 11.3 Å². The van der Waals surface area contributed by atoms with Crippen molar-refractivity contribution in [3.05, 3.63) is 28.4 Å². The van der Waals surface area contributed by atoms with Crippen molar-refractivity contribution in [3.63, 3.8) is 0 Å². The summed E-state index contributed by atoms with van der Waals surface area (Å²) in [5, 5.41) is 17.6. The Balaban J connectivity index is 2.10. The Kier molecular flexibility index (Phi) is 3.31. The summed E-state index contributed by atoms with van der Waals surface area (Å²) in [6.45, 7) is 1.87. The summed E-state index contributed by atoms with van der Waals surface area (Å²) < 4.78 is 5.15. The number of halogens is 1. The molecule has 1 aromatic heterocycles. The van der Waals surface area contributed by atoms with Crippen molar-refractivity contribution < 1.29 is 9.84 Å². The molecule has 0 fully saturated rings. The van der Waals surface area contributed by atoms with Crippen molar-refractivity contribution in [2.45, 2.75) is 13.0 Å². The van der Waals surface area contributed by atoms with E-state index < -0.39 is 0 Å². The number of phenols is 1. The van der Waals surface area contributed by atoms with Gasteiger partial charge in [0.05, 0.1) is 17.8 Å². The summed E-state index contributed by atoms with van der Waals surface area (Å²) in [4.78, 5) is 2.25. The maximum atomic E-state index is 9.81. The molecular weight excluding hydrogens is 278 g/mol. The molecule has 106 valence electrons. The summed E-state index contributed by atoms with van der Waals surface area (Å²) in [7, 11) is 3.59. The number of phenolic OH excluding ortho intramolecular Hbond substituents is 1. The molecule has 6 heteroatoms. The van der Waals surface area contributed by atoms with E-state index in [-0.39, 0.29) is 10.8 Å². The second-order valence-corrected chi connectivity index (χ2v) is 5.43. The first-order valence-corrected chi connectivity index (χ1v) is 6.79. The summed E-state index contributed by atoms with van der Waals surface area (Å²) >= 11 is 6.05. The summed E-state index contributed by atoms with van der Waals surface area (Å²) in [5.41, 5.74) is 4.06. The van der Waals surface area contributed by atoms with Crippen molar-refractivity contribution >= 4 is 11.6 Å². The van der Waals surface area contributed by atoms with Crippen molar-refractivity contribution in [2.75, 3.05) is 20.7 Å². The van der Waals surface area contributed by atoms with E-state index in [9.17, 15) is 5.11 Å². The van der Waals surface area contributed by atoms with Crippen LogP contribution in [0.1, 0.15) is 11.3 Å². The number of hydrogen-bond acceptors (Lipinski definition) is 4. The Hall–Kier alpha value is -1.72. The second kappa shape index (κ2) is 5.00. The number of aromatic nitrogens is 2. The van der Waals surface area contributed by atoms with Gasteiger partial charge in [-0.05, 0) is 19.2 Å². The summed E-state index contributed by atoms with van der Waals surface area (Å²) in [6, 6.07) is 3.47. The zero-order valence-electron chi connectivity index (χ0n) is 11.4. The van der Waals surface area contributed by atoms with Crippen LogP contribution >= 0.6 is 11.6 Å². The highest BCUT2D eigenvalue weighted by atomic mass is 35.5. The molecule has 2 heterocycles. The lowest BCUT2D eigenvalue weighted by Crippen LogP contribution is -2.26. The van der Waals surface area contributed by atoms with Gasteiger partial charge in [0.1, 0.15) is 0 Å². The lowest BCUT2D eigenvalue weighted by Gasteiger charge is -2.22. The lowest BCUT2D eigenvalue weighted by atomic mass is 10.0. The highest BCUT2D eigenvalue weighted by Crippen LogP contribution is 2.39. The van der Waals surface area contributed by atoms with Crippen LogP contribution in [0.4, 0.5) is 0 Å². The number of aromatic amines is 1. The van der Waals surface area contributed by atoms with Crippen LogP contribution in [0.15, 0.2) is 12.1 Å². The van der Waals surface area contributed by atoms with Gasteiger partial charge < -0.3 is 14.7 Å². The van der Waals surface area contributed by atoms with Crippen LogP contribution in [-0.2, 0) is 13.0 Å². The van der Waals surface area contributed by atoms with Gasteiger partial charge in [-0.25, -0.2) is 0 Å². The molecule has 1 aliphatic rings. The van der Waals surface area contributed by atoms with Crippen molar-refractivity contribution in [3.8, 4) is 22.8 Å². The van der Waals surface area contributed by atoms with Gasteiger partial charge >= 0.3 is 0 Å². The standard InChI is InChI=1S/C14H16ClN3O2/c1-18-4-3-11-9(7-18)13(17-16-11)8-5-10(15)14(19)12(6-8)20-2/h5-6,19H,3-4,7H2,1-2H3,(H,16,17). The third kappa shape index (κ3) is 2.13. The maximum absolute atomic E-state index is 9.81. The Morgan fingerprint density at radius 3 is 3.00 bits per heavy atom. The number of fused-ring (bicyclic) bond motifs is 1. The van der Waals surface area contributed by atoms with Crippen LogP contribution in [0.2, 0.25) is 5.02 Å². The third-order valence-corrected chi connectivity index (χ3v) is 3.93. The molecule has 0 saturated heterocycles. The quantitative estimate of drug-likeness (QED) is 0.893. The molecule has 0 spiro atoms. The molecule has 2 N–H and O–H groups in total. The molecule has 0 aliphatic carbocycles. The predicted octanol–water partition coefficient (Wildman–Crippen LogP) is 2.43. The monoisotopic (exact) mass is 293 g/mol. The number of ether oxygens (including phenoxy) is 1. The lowest BCUT2D eigenvalue weighted by molar-refractivity contribution is 0.312. The average molecular weight is 294 g/mol. The number of benzene rings is 1. The number of H-pyrrole nitrogens is 1. The number of likely N-dealkylation sites (N-methyl/N-ethyl adjacent to an activating group) is 1. The third-order valence-electron chi connectivity index (χ3n) is 3.65. The van der Waals surface area contributed by atoms with E-state index in [4.69, 9.17) is 16.3 Å². The minimum absolute atomic E-state index is 0.0422. The molecule has 0 radical (unpaired) electrons. The first-order chi connectivity index (χ1) is 9.60. The number of rotatable bonds is 2. The van der Waals surface area contributed by atoms with E-state index >= 15 is 0 Å². The van der Waals surface area contributed by atoms with Crippen LogP contribution in [0.5, 0.6) is 11.5 Å². The highest BCUT2D eigenvalue weighted by molar-refractivity contribution is 6.32. The molecule has 0 amide bonds. The molecule has 5 nitrogen and oxygen atoms in total. The Morgan fingerprint density at radius 2 is 2.25 bits per heavy atom. The smallest absolute Gasteiger partial charge is 0.176 e. The first kappa shape index (κ1) is 13.3. The van der Waals surface area contributed by atoms with E-state index in [2.05, 4.69) is 22.1 Å². The first-order valence-electron chi connectivity index (χ1n) is 6.41. The number of nitrogens with zero attached hydrogens (tertiary/aromatic N) is 2. The van der Waals surface area contributed by atoms with Gasteiger partial charge in [-0.2, -0.15) is 5.10 Å². The van der Waals surface area contributed by atoms with Gasteiger partial charge in [-0.3, -0.25) is 5.10 Å². The van der Waals surface area contributed by atoms with E-state index in [0.29, 0.717) is 5.75 Å². The SMILES string of the molecule is COc1cc(-c2n[nH]c3c2CN(C)CC3)cc(Cl)c1O. The zero-order chi connectivity index (χ0) is 14.3. The Bertz CT molecular complexity index is 654. The van der Waals surface area contributed by atoms with Crippen LogP contribution in [-0.4, -0.2) is 40.9 Å². The molecule has 20 heavy (non-hydrogen) atoms. The second-order valence-electron chi connectivity index (χ2n) is 5.03. The summed E-state index contributed by atoms with van der Waals surface area (Å²) in [5.74, 6) is 0.313. The van der Waals surface area contributed by atoms with Crippen molar-refractivity contribution in [1.29, 1.82) is 0 Å². The molecule has 0 unspecified atom stereocenters.